The van der Waals surface area contributed by atoms with Crippen molar-refractivity contribution in [2.24, 2.45) is 16.8 Å². The van der Waals surface area contributed by atoms with Crippen molar-refractivity contribution in [1.82, 2.24) is 15.5 Å². The highest BCUT2D eigenvalue weighted by Crippen LogP contribution is 2.26. The molecule has 1 amide bonds. The molecule has 0 aromatic heterocycles. The van der Waals surface area contributed by atoms with Gasteiger partial charge in [-0.3, -0.25) is 9.79 Å². The summed E-state index contributed by atoms with van der Waals surface area (Å²) in [4.78, 5) is 18.8. The Morgan fingerprint density at radius 3 is 2.62 bits per heavy atom. The molecule has 5 heteroatoms. The first-order chi connectivity index (χ1) is 11.6. The third-order valence-electron chi connectivity index (χ3n) is 5.21. The Labute approximate surface area is 147 Å². The second-order valence-electron chi connectivity index (χ2n) is 7.62. The quantitative estimate of drug-likeness (QED) is 0.579. The monoisotopic (exact) mass is 336 g/mol. The van der Waals surface area contributed by atoms with Gasteiger partial charge in [0.05, 0.1) is 0 Å². The summed E-state index contributed by atoms with van der Waals surface area (Å²) in [5, 5.41) is 6.87. The van der Waals surface area contributed by atoms with Gasteiger partial charge < -0.3 is 15.5 Å². The van der Waals surface area contributed by atoms with Gasteiger partial charge in [-0.25, -0.2) is 0 Å². The zero-order valence-corrected chi connectivity index (χ0v) is 15.8. The number of carbonyl (C=O) groups excluding carboxylic acids is 1. The maximum absolute atomic E-state index is 12.1. The number of carbonyl (C=O) groups is 1. The van der Waals surface area contributed by atoms with Gasteiger partial charge in [-0.15, -0.1) is 0 Å². The van der Waals surface area contributed by atoms with Crippen LogP contribution in [0.3, 0.4) is 0 Å². The molecule has 2 aliphatic rings. The highest BCUT2D eigenvalue weighted by atomic mass is 16.2. The molecule has 1 unspecified atom stereocenters. The van der Waals surface area contributed by atoms with Crippen molar-refractivity contribution in [3.05, 3.63) is 0 Å². The van der Waals surface area contributed by atoms with Gasteiger partial charge >= 0.3 is 0 Å². The molecule has 2 rings (SSSR count). The van der Waals surface area contributed by atoms with E-state index in [2.05, 4.69) is 17.6 Å². The maximum Gasteiger partial charge on any atom is 0.225 e. The van der Waals surface area contributed by atoms with Crippen LogP contribution in [-0.2, 0) is 4.79 Å². The first-order valence-electron chi connectivity index (χ1n) is 9.93. The highest BCUT2D eigenvalue weighted by Gasteiger charge is 2.27. The molecule has 0 aromatic carbocycles. The van der Waals surface area contributed by atoms with Gasteiger partial charge in [-0.1, -0.05) is 46.0 Å². The number of hydrogen-bond donors (Lipinski definition) is 2. The molecular formula is C19H36N4O. The van der Waals surface area contributed by atoms with Crippen LogP contribution >= 0.6 is 0 Å². The number of hydrogen-bond acceptors (Lipinski definition) is 2. The molecule has 138 valence electrons. The molecule has 2 fully saturated rings. The molecule has 0 spiro atoms. The molecule has 1 heterocycles. The van der Waals surface area contributed by atoms with Crippen LogP contribution in [0.4, 0.5) is 0 Å². The smallest absolute Gasteiger partial charge is 0.225 e. The van der Waals surface area contributed by atoms with Crippen LogP contribution in [0, 0.1) is 11.8 Å². The van der Waals surface area contributed by atoms with Crippen molar-refractivity contribution in [2.75, 3.05) is 26.2 Å². The average Bonchev–Trinajstić information content (AvgIpc) is 3.03. The topological polar surface area (TPSA) is 56.7 Å². The van der Waals surface area contributed by atoms with E-state index in [0.717, 1.165) is 44.5 Å². The van der Waals surface area contributed by atoms with Gasteiger partial charge in [0, 0.05) is 38.1 Å². The molecule has 0 radical (unpaired) electrons. The van der Waals surface area contributed by atoms with Crippen LogP contribution in [0.1, 0.15) is 65.7 Å². The first-order valence-corrected chi connectivity index (χ1v) is 9.93. The summed E-state index contributed by atoms with van der Waals surface area (Å²) < 4.78 is 0. The summed E-state index contributed by atoms with van der Waals surface area (Å²) >= 11 is 0. The predicted octanol–water partition coefficient (Wildman–Crippen LogP) is 2.77. The fourth-order valence-corrected chi connectivity index (χ4v) is 3.79. The molecule has 1 atom stereocenters. The van der Waals surface area contributed by atoms with E-state index >= 15 is 0 Å². The fraction of sp³-hybridized carbons (Fsp3) is 0.895. The van der Waals surface area contributed by atoms with Crippen molar-refractivity contribution >= 4 is 11.9 Å². The minimum absolute atomic E-state index is 0.0844. The highest BCUT2D eigenvalue weighted by molar-refractivity contribution is 5.81. The number of nitrogens with one attached hydrogen (secondary N) is 2. The molecule has 1 saturated heterocycles. The molecule has 2 N–H and O–H groups in total. The van der Waals surface area contributed by atoms with Crippen molar-refractivity contribution in [3.63, 3.8) is 0 Å². The van der Waals surface area contributed by atoms with Crippen LogP contribution < -0.4 is 10.6 Å². The number of rotatable bonds is 6. The van der Waals surface area contributed by atoms with Crippen molar-refractivity contribution in [1.29, 1.82) is 0 Å². The Morgan fingerprint density at radius 2 is 1.96 bits per heavy atom. The normalized spacial score (nSPS) is 22.9. The molecule has 24 heavy (non-hydrogen) atoms. The van der Waals surface area contributed by atoms with Gasteiger partial charge in [0.1, 0.15) is 0 Å². The minimum Gasteiger partial charge on any atom is -0.357 e. The number of nitrogens with zero attached hydrogens (tertiary/aromatic N) is 2. The third kappa shape index (κ3) is 5.99. The van der Waals surface area contributed by atoms with Crippen LogP contribution in [0.5, 0.6) is 0 Å². The third-order valence-corrected chi connectivity index (χ3v) is 5.21. The van der Waals surface area contributed by atoms with E-state index in [0.29, 0.717) is 6.04 Å². The van der Waals surface area contributed by atoms with E-state index in [1.165, 1.54) is 38.5 Å². The van der Waals surface area contributed by atoms with Crippen molar-refractivity contribution in [2.45, 2.75) is 71.8 Å². The molecule has 1 aliphatic heterocycles. The predicted molar refractivity (Wildman–Crippen MR) is 100 cm³/mol. The number of likely N-dealkylation sites (tertiary alicyclic amines) is 1. The van der Waals surface area contributed by atoms with Gasteiger partial charge in [0.2, 0.25) is 5.91 Å². The lowest BCUT2D eigenvalue weighted by Crippen LogP contribution is -2.45. The minimum atomic E-state index is 0.0844. The molecule has 5 nitrogen and oxygen atoms in total. The zero-order valence-electron chi connectivity index (χ0n) is 15.8. The summed E-state index contributed by atoms with van der Waals surface area (Å²) in [7, 11) is 0. The summed E-state index contributed by atoms with van der Waals surface area (Å²) in [6, 6.07) is 0.320. The molecule has 1 aliphatic carbocycles. The first kappa shape index (κ1) is 19.1. The van der Waals surface area contributed by atoms with E-state index in [4.69, 9.17) is 4.99 Å². The summed E-state index contributed by atoms with van der Waals surface area (Å²) in [5.74, 6) is 2.13. The van der Waals surface area contributed by atoms with E-state index in [-0.39, 0.29) is 11.8 Å². The lowest BCUT2D eigenvalue weighted by molar-refractivity contribution is -0.133. The lowest BCUT2D eigenvalue weighted by atomic mass is 9.87. The SMILES string of the molecule is CCNC(=NCCC1CCCCC1)NC1CCN(C(=O)C(C)C)C1. The van der Waals surface area contributed by atoms with E-state index < -0.39 is 0 Å². The summed E-state index contributed by atoms with van der Waals surface area (Å²) in [5.41, 5.74) is 0. The largest absolute Gasteiger partial charge is 0.357 e. The Bertz CT molecular complexity index is 416. The van der Waals surface area contributed by atoms with Gasteiger partial charge in [-0.05, 0) is 25.7 Å². The standard InChI is InChI=1S/C19H36N4O/c1-4-20-19(21-12-10-16-8-6-5-7-9-16)22-17-11-13-23(14-17)18(24)15(2)3/h15-17H,4-14H2,1-3H3,(H2,20,21,22). The second kappa shape index (κ2) is 9.90. The Hall–Kier alpha value is -1.26. The molecule has 0 aromatic rings. The van der Waals surface area contributed by atoms with Crippen molar-refractivity contribution < 1.29 is 4.79 Å². The molecule has 1 saturated carbocycles. The number of guanidine groups is 1. The van der Waals surface area contributed by atoms with E-state index in [1.807, 2.05) is 18.7 Å². The second-order valence-corrected chi connectivity index (χ2v) is 7.62. The van der Waals surface area contributed by atoms with Gasteiger partial charge in [-0.2, -0.15) is 0 Å². The Kier molecular flexibility index (Phi) is 7.86. The fourth-order valence-electron chi connectivity index (χ4n) is 3.79. The lowest BCUT2D eigenvalue weighted by Gasteiger charge is -2.22. The van der Waals surface area contributed by atoms with E-state index in [9.17, 15) is 4.79 Å². The number of amides is 1. The van der Waals surface area contributed by atoms with Gasteiger partial charge in [0.25, 0.3) is 0 Å². The Balaban J connectivity index is 1.77. The van der Waals surface area contributed by atoms with Crippen molar-refractivity contribution in [3.8, 4) is 0 Å². The molecule has 0 bridgehead atoms. The van der Waals surface area contributed by atoms with Crippen LogP contribution in [0.15, 0.2) is 4.99 Å². The van der Waals surface area contributed by atoms with E-state index in [1.54, 1.807) is 0 Å². The zero-order chi connectivity index (χ0) is 17.4. The maximum atomic E-state index is 12.1. The average molecular weight is 337 g/mol. The van der Waals surface area contributed by atoms with Crippen LogP contribution in [-0.4, -0.2) is 49.0 Å². The van der Waals surface area contributed by atoms with Gasteiger partial charge in [0.15, 0.2) is 5.96 Å². The Morgan fingerprint density at radius 1 is 1.21 bits per heavy atom. The van der Waals surface area contributed by atoms with Crippen LogP contribution in [0.25, 0.3) is 0 Å². The summed E-state index contributed by atoms with van der Waals surface area (Å²) in [6.45, 7) is 9.47. The summed E-state index contributed by atoms with van der Waals surface area (Å²) in [6.07, 6.45) is 9.19. The van der Waals surface area contributed by atoms with Crippen LogP contribution in [0.2, 0.25) is 0 Å². The molecular weight excluding hydrogens is 300 g/mol. The number of aliphatic imine (C=N–C) groups is 1.